The molecule has 7 rings (SSSR count). The molecular formula is C36H29BrIrN5. The predicted octanol–water partition coefficient (Wildman–Crippen LogP) is 5.22. The molecule has 5 nitrogen and oxygen atoms in total. The Morgan fingerprint density at radius 2 is 1.02 bits per heavy atom. The number of imidazole rings is 1. The molecule has 7 aromatic rings. The van der Waals surface area contributed by atoms with E-state index in [1.807, 2.05) is 121 Å². The molecule has 43 heavy (non-hydrogen) atoms. The monoisotopic (exact) mass is 803 g/mol. The van der Waals surface area contributed by atoms with E-state index in [9.17, 15) is 0 Å². The topological polar surface area (TPSA) is 56.5 Å². The number of nitrogens with zero attached hydrogens (tertiary/aromatic N) is 5. The molecule has 0 atom stereocenters. The molecule has 0 aliphatic heterocycles. The Morgan fingerprint density at radius 1 is 0.558 bits per heavy atom. The van der Waals surface area contributed by atoms with Crippen molar-refractivity contribution in [3.05, 3.63) is 158 Å². The summed E-state index contributed by atoms with van der Waals surface area (Å²) in [4.78, 5) is 17.5. The minimum atomic E-state index is 0. The molecular weight excluding hydrogens is 775 g/mol. The van der Waals surface area contributed by atoms with Gasteiger partial charge in [0.15, 0.2) is 5.82 Å². The van der Waals surface area contributed by atoms with Crippen molar-refractivity contribution in [1.29, 1.82) is 0 Å². The molecule has 214 valence electrons. The molecule has 0 spiro atoms. The normalized spacial score (nSPS) is 9.70. The molecule has 0 fully saturated rings. The van der Waals surface area contributed by atoms with E-state index in [4.69, 9.17) is 0 Å². The van der Waals surface area contributed by atoms with Crippen LogP contribution in [-0.2, 0) is 26.7 Å². The molecule has 0 bridgehead atoms. The summed E-state index contributed by atoms with van der Waals surface area (Å²) >= 11 is 0. The summed E-state index contributed by atoms with van der Waals surface area (Å²) in [6, 6.07) is 47.7. The number of rotatable bonds is 4. The Kier molecular flexibility index (Phi) is 13.6. The van der Waals surface area contributed by atoms with Crippen LogP contribution in [0, 0.1) is 12.1 Å². The largest absolute Gasteiger partial charge is 3.00 e. The third-order valence-corrected chi connectivity index (χ3v) is 6.16. The van der Waals surface area contributed by atoms with Crippen LogP contribution in [0.5, 0.6) is 0 Å². The van der Waals surface area contributed by atoms with Gasteiger partial charge in [0.2, 0.25) is 0 Å². The smallest absolute Gasteiger partial charge is 1.00 e. The van der Waals surface area contributed by atoms with Gasteiger partial charge in [-0.2, -0.15) is 0 Å². The van der Waals surface area contributed by atoms with Gasteiger partial charge in [0.05, 0.1) is 11.0 Å². The van der Waals surface area contributed by atoms with E-state index < -0.39 is 0 Å². The van der Waals surface area contributed by atoms with E-state index in [1.165, 1.54) is 0 Å². The number of fused-ring (bicyclic) bond motifs is 1. The standard InChI is InChI=1S/C14H13N3.2C11H8N.BrH.Ir/c1-2-17-13-9-4-3-7-11(13)16-14(17)12-8-5-6-10-15-12;2*1-2-6-10(7-3-1)11-8-4-5-9-12-11;;/h3-10H,2H2,1H3;2*1-6,8-9H;1H;/q;2*-1;;+3/p-1. The number of aryl methyl sites for hydroxylation is 1. The van der Waals surface area contributed by atoms with Crippen molar-refractivity contribution in [2.45, 2.75) is 13.5 Å². The molecule has 0 aliphatic carbocycles. The van der Waals surface area contributed by atoms with Crippen LogP contribution in [0.25, 0.3) is 45.1 Å². The number of pyridine rings is 3. The van der Waals surface area contributed by atoms with E-state index in [1.54, 1.807) is 18.6 Å². The second kappa shape index (κ2) is 17.6. The Hall–Kier alpha value is -4.29. The van der Waals surface area contributed by atoms with E-state index >= 15 is 0 Å². The van der Waals surface area contributed by atoms with Crippen molar-refractivity contribution in [3.8, 4) is 34.0 Å². The molecule has 0 unspecified atom stereocenters. The fourth-order valence-corrected chi connectivity index (χ4v) is 4.24. The van der Waals surface area contributed by atoms with Crippen LogP contribution < -0.4 is 17.0 Å². The van der Waals surface area contributed by atoms with Crippen LogP contribution in [0.1, 0.15) is 6.92 Å². The summed E-state index contributed by atoms with van der Waals surface area (Å²) in [5.41, 5.74) is 7.13. The Morgan fingerprint density at radius 3 is 1.47 bits per heavy atom. The van der Waals surface area contributed by atoms with Gasteiger partial charge in [-0.3, -0.25) is 4.98 Å². The van der Waals surface area contributed by atoms with Gasteiger partial charge >= 0.3 is 20.1 Å². The van der Waals surface area contributed by atoms with Gasteiger partial charge in [0.1, 0.15) is 5.69 Å². The summed E-state index contributed by atoms with van der Waals surface area (Å²) in [7, 11) is 0. The Balaban J connectivity index is 0.000000177. The molecule has 0 aliphatic rings. The quantitative estimate of drug-likeness (QED) is 0.230. The van der Waals surface area contributed by atoms with Crippen molar-refractivity contribution in [2.24, 2.45) is 0 Å². The maximum atomic E-state index is 4.65. The van der Waals surface area contributed by atoms with Crippen molar-refractivity contribution in [1.82, 2.24) is 24.5 Å². The average Bonchev–Trinajstić information content (AvgIpc) is 3.46. The molecule has 0 saturated carbocycles. The molecule has 0 saturated heterocycles. The number of para-hydroxylation sites is 2. The van der Waals surface area contributed by atoms with Gasteiger partial charge < -0.3 is 31.5 Å². The van der Waals surface area contributed by atoms with Gasteiger partial charge in [0.25, 0.3) is 0 Å². The first-order valence-corrected chi connectivity index (χ1v) is 13.5. The molecule has 4 aromatic heterocycles. The molecule has 3 aromatic carbocycles. The fraction of sp³-hybridized carbons (Fsp3) is 0.0556. The average molecular weight is 804 g/mol. The predicted molar refractivity (Wildman–Crippen MR) is 166 cm³/mol. The summed E-state index contributed by atoms with van der Waals surface area (Å²) in [5.74, 6) is 0.939. The number of benzene rings is 3. The second-order valence-electron chi connectivity index (χ2n) is 8.87. The van der Waals surface area contributed by atoms with E-state index in [2.05, 4.69) is 49.6 Å². The number of halogens is 1. The van der Waals surface area contributed by atoms with Crippen molar-refractivity contribution >= 4 is 11.0 Å². The van der Waals surface area contributed by atoms with E-state index in [0.717, 1.165) is 51.6 Å². The van der Waals surface area contributed by atoms with E-state index in [-0.39, 0.29) is 37.1 Å². The van der Waals surface area contributed by atoms with Crippen LogP contribution in [0.3, 0.4) is 0 Å². The van der Waals surface area contributed by atoms with Crippen LogP contribution in [-0.4, -0.2) is 24.5 Å². The minimum absolute atomic E-state index is 0. The van der Waals surface area contributed by atoms with Crippen molar-refractivity contribution in [2.75, 3.05) is 0 Å². The van der Waals surface area contributed by atoms with Crippen LogP contribution in [0.2, 0.25) is 0 Å². The molecule has 0 N–H and O–H groups in total. The zero-order chi connectivity index (χ0) is 28.1. The van der Waals surface area contributed by atoms with Crippen molar-refractivity contribution < 1.29 is 37.1 Å². The summed E-state index contributed by atoms with van der Waals surface area (Å²) in [5, 5.41) is 0. The first kappa shape index (κ1) is 33.2. The van der Waals surface area contributed by atoms with E-state index in [0.29, 0.717) is 0 Å². The molecule has 4 heterocycles. The summed E-state index contributed by atoms with van der Waals surface area (Å²) in [6.07, 6.45) is 5.38. The Labute approximate surface area is 276 Å². The number of aromatic nitrogens is 5. The van der Waals surface area contributed by atoms with Crippen LogP contribution in [0.15, 0.2) is 146 Å². The van der Waals surface area contributed by atoms with Gasteiger partial charge in [-0.25, -0.2) is 4.98 Å². The first-order chi connectivity index (χ1) is 20.3. The first-order valence-electron chi connectivity index (χ1n) is 13.5. The summed E-state index contributed by atoms with van der Waals surface area (Å²) in [6.45, 7) is 3.02. The molecule has 0 amide bonds. The summed E-state index contributed by atoms with van der Waals surface area (Å²) < 4.78 is 2.19. The minimum Gasteiger partial charge on any atom is -1.00 e. The van der Waals surface area contributed by atoms with Crippen molar-refractivity contribution in [3.63, 3.8) is 0 Å². The maximum Gasteiger partial charge on any atom is 3.00 e. The van der Waals surface area contributed by atoms with Gasteiger partial charge in [0, 0.05) is 25.1 Å². The van der Waals surface area contributed by atoms with Gasteiger partial charge in [-0.1, -0.05) is 42.5 Å². The van der Waals surface area contributed by atoms with Gasteiger partial charge in [-0.15, -0.1) is 71.8 Å². The fourth-order valence-electron chi connectivity index (χ4n) is 4.24. The number of hydrogen-bond donors (Lipinski definition) is 0. The second-order valence-corrected chi connectivity index (χ2v) is 8.87. The third-order valence-electron chi connectivity index (χ3n) is 6.16. The third kappa shape index (κ3) is 9.10. The molecule has 0 radical (unpaired) electrons. The van der Waals surface area contributed by atoms with Gasteiger partial charge in [-0.05, 0) is 54.7 Å². The Bertz CT molecular complexity index is 1600. The SMILES string of the molecule is CCn1c(-c2ccccn2)nc2ccccc21.[Br-].[Ir+3].[c-]1ccccc1-c1ccccn1.[c-]1ccccc1-c1ccccn1. The van der Waals surface area contributed by atoms with Crippen LogP contribution in [0.4, 0.5) is 0 Å². The van der Waals surface area contributed by atoms with Crippen LogP contribution >= 0.6 is 0 Å². The number of hydrogen-bond acceptors (Lipinski definition) is 4. The maximum absolute atomic E-state index is 4.65. The molecule has 7 heteroatoms. The zero-order valence-corrected chi connectivity index (χ0v) is 27.5. The zero-order valence-electron chi connectivity index (χ0n) is 23.5.